The van der Waals surface area contributed by atoms with E-state index in [1.165, 1.54) is 6.26 Å². The van der Waals surface area contributed by atoms with Gasteiger partial charge in [-0.25, -0.2) is 0 Å². The number of halogens is 1. The van der Waals surface area contributed by atoms with Crippen molar-refractivity contribution in [2.75, 3.05) is 5.32 Å². The third-order valence-electron chi connectivity index (χ3n) is 4.30. The summed E-state index contributed by atoms with van der Waals surface area (Å²) in [6, 6.07) is 16.3. The van der Waals surface area contributed by atoms with Crippen molar-refractivity contribution in [3.05, 3.63) is 88.3 Å². The Labute approximate surface area is 182 Å². The quantitative estimate of drug-likeness (QED) is 0.490. The van der Waals surface area contributed by atoms with Crippen LogP contribution in [0.4, 0.5) is 5.69 Å². The van der Waals surface area contributed by atoms with Crippen LogP contribution in [0.15, 0.2) is 75.8 Å². The summed E-state index contributed by atoms with van der Waals surface area (Å²) in [5.74, 6) is -0.567. The van der Waals surface area contributed by atoms with Crippen LogP contribution in [0.5, 0.6) is 0 Å². The molecule has 3 amide bonds. The number of hydrogen-bond acceptors (Lipinski definition) is 4. The lowest BCUT2D eigenvalue weighted by Gasteiger charge is -2.16. The molecule has 0 bridgehead atoms. The Bertz CT molecular complexity index is 1050. The standard InChI is InChI=1S/C22H20BrN3O4/c1-14(20(27)24-13-15-7-6-12-30-15)25-22(29)17-9-3-5-11-19(17)26-21(28)16-8-2-4-10-18(16)23/h2-12,14H,13H2,1H3,(H,24,27)(H,25,29)(H,26,28). The second-order valence-corrected chi connectivity index (χ2v) is 7.33. The molecule has 1 heterocycles. The maximum absolute atomic E-state index is 12.7. The molecular formula is C22H20BrN3O4. The topological polar surface area (TPSA) is 100 Å². The number of nitrogens with one attached hydrogen (secondary N) is 3. The van der Waals surface area contributed by atoms with Crippen LogP contribution in [0.2, 0.25) is 0 Å². The monoisotopic (exact) mass is 469 g/mol. The average Bonchev–Trinajstić information content (AvgIpc) is 3.26. The van der Waals surface area contributed by atoms with E-state index in [4.69, 9.17) is 4.42 Å². The number of amides is 3. The first-order chi connectivity index (χ1) is 14.5. The summed E-state index contributed by atoms with van der Waals surface area (Å²) < 4.78 is 5.81. The number of benzene rings is 2. The molecule has 1 atom stereocenters. The molecule has 0 saturated carbocycles. The molecule has 0 aliphatic rings. The van der Waals surface area contributed by atoms with Crippen molar-refractivity contribution in [2.24, 2.45) is 0 Å². The Morgan fingerprint density at radius 2 is 1.63 bits per heavy atom. The van der Waals surface area contributed by atoms with Crippen molar-refractivity contribution in [1.82, 2.24) is 10.6 Å². The molecule has 1 unspecified atom stereocenters. The van der Waals surface area contributed by atoms with E-state index in [0.29, 0.717) is 21.5 Å². The molecule has 0 aliphatic heterocycles. The van der Waals surface area contributed by atoms with E-state index in [9.17, 15) is 14.4 Å². The molecule has 0 saturated heterocycles. The summed E-state index contributed by atoms with van der Waals surface area (Å²) in [4.78, 5) is 37.6. The summed E-state index contributed by atoms with van der Waals surface area (Å²) >= 11 is 3.34. The predicted octanol–water partition coefficient (Wildman–Crippen LogP) is 3.73. The van der Waals surface area contributed by atoms with Crippen LogP contribution < -0.4 is 16.0 Å². The number of hydrogen-bond donors (Lipinski definition) is 3. The van der Waals surface area contributed by atoms with Crippen LogP contribution in [0.3, 0.4) is 0 Å². The van der Waals surface area contributed by atoms with E-state index in [-0.39, 0.29) is 23.9 Å². The van der Waals surface area contributed by atoms with Gasteiger partial charge < -0.3 is 20.4 Å². The van der Waals surface area contributed by atoms with E-state index >= 15 is 0 Å². The Morgan fingerprint density at radius 1 is 0.933 bits per heavy atom. The number of furan rings is 1. The van der Waals surface area contributed by atoms with Crippen LogP contribution in [0.25, 0.3) is 0 Å². The number of carbonyl (C=O) groups excluding carboxylic acids is 3. The molecule has 0 spiro atoms. The third kappa shape index (κ3) is 5.36. The molecule has 2 aromatic carbocycles. The SMILES string of the molecule is CC(NC(=O)c1ccccc1NC(=O)c1ccccc1Br)C(=O)NCc1ccco1. The van der Waals surface area contributed by atoms with Crippen molar-refractivity contribution in [2.45, 2.75) is 19.5 Å². The van der Waals surface area contributed by atoms with Gasteiger partial charge in [0, 0.05) is 4.47 Å². The summed E-state index contributed by atoms with van der Waals surface area (Å²) in [6.07, 6.45) is 1.52. The second-order valence-electron chi connectivity index (χ2n) is 6.47. The van der Waals surface area contributed by atoms with E-state index in [2.05, 4.69) is 31.9 Å². The van der Waals surface area contributed by atoms with Crippen LogP contribution in [0, 0.1) is 0 Å². The van der Waals surface area contributed by atoms with E-state index < -0.39 is 11.9 Å². The zero-order chi connectivity index (χ0) is 21.5. The molecule has 1 aromatic heterocycles. The van der Waals surface area contributed by atoms with E-state index in [1.807, 2.05) is 0 Å². The highest BCUT2D eigenvalue weighted by molar-refractivity contribution is 9.10. The summed E-state index contributed by atoms with van der Waals surface area (Å²) in [7, 11) is 0. The fraction of sp³-hybridized carbons (Fsp3) is 0.136. The minimum atomic E-state index is -0.778. The van der Waals surface area contributed by atoms with Crippen molar-refractivity contribution < 1.29 is 18.8 Å². The minimum absolute atomic E-state index is 0.227. The molecule has 3 aromatic rings. The Hall–Kier alpha value is -3.39. The van der Waals surface area contributed by atoms with Gasteiger partial charge in [-0.05, 0) is 59.3 Å². The molecule has 8 heteroatoms. The highest BCUT2D eigenvalue weighted by Crippen LogP contribution is 2.20. The lowest BCUT2D eigenvalue weighted by Crippen LogP contribution is -2.44. The number of anilines is 1. The fourth-order valence-corrected chi connectivity index (χ4v) is 3.17. The highest BCUT2D eigenvalue weighted by atomic mass is 79.9. The van der Waals surface area contributed by atoms with Gasteiger partial charge in [0.05, 0.1) is 29.6 Å². The minimum Gasteiger partial charge on any atom is -0.467 e. The highest BCUT2D eigenvalue weighted by Gasteiger charge is 2.20. The van der Waals surface area contributed by atoms with Crippen molar-refractivity contribution in [1.29, 1.82) is 0 Å². The number of rotatable bonds is 7. The Kier molecular flexibility index (Phi) is 7.03. The molecule has 0 aliphatic carbocycles. The molecule has 3 N–H and O–H groups in total. The number of carbonyl (C=O) groups is 3. The van der Waals surface area contributed by atoms with Gasteiger partial charge in [-0.3, -0.25) is 14.4 Å². The average molecular weight is 470 g/mol. The van der Waals surface area contributed by atoms with Crippen LogP contribution in [0.1, 0.15) is 33.4 Å². The van der Waals surface area contributed by atoms with Gasteiger partial charge in [0.1, 0.15) is 11.8 Å². The van der Waals surface area contributed by atoms with Crippen LogP contribution in [-0.4, -0.2) is 23.8 Å². The smallest absolute Gasteiger partial charge is 0.256 e. The normalized spacial score (nSPS) is 11.4. The third-order valence-corrected chi connectivity index (χ3v) is 4.99. The lowest BCUT2D eigenvalue weighted by atomic mass is 10.1. The van der Waals surface area contributed by atoms with Crippen molar-refractivity contribution in [3.8, 4) is 0 Å². The largest absolute Gasteiger partial charge is 0.467 e. The van der Waals surface area contributed by atoms with Gasteiger partial charge >= 0.3 is 0 Å². The fourth-order valence-electron chi connectivity index (χ4n) is 2.71. The van der Waals surface area contributed by atoms with Crippen molar-refractivity contribution >= 4 is 39.3 Å². The van der Waals surface area contributed by atoms with Gasteiger partial charge in [0.25, 0.3) is 11.8 Å². The van der Waals surface area contributed by atoms with E-state index in [0.717, 1.165) is 0 Å². The molecule has 3 rings (SSSR count). The molecular weight excluding hydrogens is 450 g/mol. The Balaban J connectivity index is 1.65. The second kappa shape index (κ2) is 9.89. The van der Waals surface area contributed by atoms with Gasteiger partial charge in [0.2, 0.25) is 5.91 Å². The summed E-state index contributed by atoms with van der Waals surface area (Å²) in [5, 5.41) is 8.09. The zero-order valence-electron chi connectivity index (χ0n) is 16.1. The van der Waals surface area contributed by atoms with Gasteiger partial charge in [-0.2, -0.15) is 0 Å². The lowest BCUT2D eigenvalue weighted by molar-refractivity contribution is -0.122. The van der Waals surface area contributed by atoms with Gasteiger partial charge in [-0.15, -0.1) is 0 Å². The zero-order valence-corrected chi connectivity index (χ0v) is 17.7. The first kappa shape index (κ1) is 21.3. The first-order valence-electron chi connectivity index (χ1n) is 9.21. The molecule has 0 fully saturated rings. The van der Waals surface area contributed by atoms with E-state index in [1.54, 1.807) is 67.6 Å². The molecule has 7 nitrogen and oxygen atoms in total. The maximum atomic E-state index is 12.7. The van der Waals surface area contributed by atoms with Gasteiger partial charge in [-0.1, -0.05) is 24.3 Å². The molecule has 154 valence electrons. The van der Waals surface area contributed by atoms with Gasteiger partial charge in [0.15, 0.2) is 0 Å². The number of para-hydroxylation sites is 1. The van der Waals surface area contributed by atoms with Crippen LogP contribution >= 0.6 is 15.9 Å². The summed E-state index contributed by atoms with van der Waals surface area (Å²) in [5.41, 5.74) is 1.04. The maximum Gasteiger partial charge on any atom is 0.256 e. The Morgan fingerprint density at radius 3 is 2.33 bits per heavy atom. The van der Waals surface area contributed by atoms with Crippen molar-refractivity contribution in [3.63, 3.8) is 0 Å². The molecule has 0 radical (unpaired) electrons. The van der Waals surface area contributed by atoms with Crippen LogP contribution in [-0.2, 0) is 11.3 Å². The predicted molar refractivity (Wildman–Crippen MR) is 116 cm³/mol. The first-order valence-corrected chi connectivity index (χ1v) is 10.0. The molecule has 30 heavy (non-hydrogen) atoms. The summed E-state index contributed by atoms with van der Waals surface area (Å²) in [6.45, 7) is 1.81.